The zero-order chi connectivity index (χ0) is 17.1. The van der Waals surface area contributed by atoms with Crippen LogP contribution in [0.25, 0.3) is 0 Å². The van der Waals surface area contributed by atoms with E-state index in [2.05, 4.69) is 38.1 Å². The van der Waals surface area contributed by atoms with E-state index in [1.165, 1.54) is 10.5 Å². The summed E-state index contributed by atoms with van der Waals surface area (Å²) in [5, 5.41) is -0.459. The van der Waals surface area contributed by atoms with E-state index in [0.29, 0.717) is 18.9 Å². The van der Waals surface area contributed by atoms with Crippen molar-refractivity contribution in [2.24, 2.45) is 0 Å². The number of rotatable bonds is 5. The number of hydrogen-bond donors (Lipinski definition) is 0. The minimum Gasteiger partial charge on any atom is -0.273 e. The monoisotopic (exact) mass is 339 g/mol. The first kappa shape index (κ1) is 16.8. The van der Waals surface area contributed by atoms with Crippen molar-refractivity contribution in [2.75, 3.05) is 0 Å². The van der Waals surface area contributed by atoms with Crippen LogP contribution in [0.5, 0.6) is 0 Å². The predicted molar refractivity (Wildman–Crippen MR) is 98.0 cm³/mol. The summed E-state index contributed by atoms with van der Waals surface area (Å²) in [4.78, 5) is 26.2. The Morgan fingerprint density at radius 2 is 1.62 bits per heavy atom. The largest absolute Gasteiger partial charge is 0.289 e. The van der Waals surface area contributed by atoms with Crippen LogP contribution in [0.1, 0.15) is 36.5 Å². The summed E-state index contributed by atoms with van der Waals surface area (Å²) in [6.07, 6.45) is 0.596. The first-order valence-electron chi connectivity index (χ1n) is 8.19. The first-order valence-corrected chi connectivity index (χ1v) is 9.07. The molecule has 24 heavy (non-hydrogen) atoms. The van der Waals surface area contributed by atoms with Crippen LogP contribution in [0.2, 0.25) is 0 Å². The molecule has 1 aliphatic heterocycles. The van der Waals surface area contributed by atoms with Gasteiger partial charge >= 0.3 is 0 Å². The maximum Gasteiger partial charge on any atom is 0.289 e. The minimum atomic E-state index is -0.314. The van der Waals surface area contributed by atoms with Crippen LogP contribution in [0.3, 0.4) is 0 Å². The van der Waals surface area contributed by atoms with E-state index >= 15 is 0 Å². The Morgan fingerprint density at radius 3 is 2.25 bits per heavy atom. The van der Waals surface area contributed by atoms with Crippen LogP contribution in [0.4, 0.5) is 4.79 Å². The number of thioether (sulfide) groups is 1. The highest BCUT2D eigenvalue weighted by Gasteiger charge is 2.39. The molecule has 0 radical (unpaired) electrons. The van der Waals surface area contributed by atoms with E-state index in [4.69, 9.17) is 0 Å². The van der Waals surface area contributed by atoms with Crippen molar-refractivity contribution in [2.45, 2.75) is 38.0 Å². The van der Waals surface area contributed by atoms with Gasteiger partial charge in [0.1, 0.15) is 0 Å². The van der Waals surface area contributed by atoms with Crippen LogP contribution in [-0.4, -0.2) is 21.3 Å². The average molecular weight is 339 g/mol. The van der Waals surface area contributed by atoms with E-state index < -0.39 is 0 Å². The van der Waals surface area contributed by atoms with Gasteiger partial charge in [0, 0.05) is 0 Å². The zero-order valence-corrected chi connectivity index (χ0v) is 14.8. The fourth-order valence-electron chi connectivity index (χ4n) is 2.79. The smallest absolute Gasteiger partial charge is 0.273 e. The fraction of sp³-hybridized carbons (Fsp3) is 0.300. The quantitative estimate of drug-likeness (QED) is 0.798. The maximum atomic E-state index is 12.6. The Labute approximate surface area is 147 Å². The molecule has 3 nitrogen and oxygen atoms in total. The topological polar surface area (TPSA) is 37.4 Å². The molecule has 0 unspecified atom stereocenters. The molecule has 1 heterocycles. The molecule has 0 bridgehead atoms. The number of benzene rings is 2. The van der Waals surface area contributed by atoms with Gasteiger partial charge in [-0.05, 0) is 29.0 Å². The molecule has 124 valence electrons. The molecule has 0 saturated carbocycles. The van der Waals surface area contributed by atoms with Crippen LogP contribution < -0.4 is 0 Å². The average Bonchev–Trinajstić information content (AvgIpc) is 2.84. The number of carbonyl (C=O) groups excluding carboxylic acids is 2. The van der Waals surface area contributed by atoms with Crippen LogP contribution in [0, 0.1) is 0 Å². The second-order valence-corrected chi connectivity index (χ2v) is 7.54. The third kappa shape index (κ3) is 3.70. The van der Waals surface area contributed by atoms with Gasteiger partial charge < -0.3 is 0 Å². The van der Waals surface area contributed by atoms with Gasteiger partial charge in [0.25, 0.3) is 5.24 Å². The zero-order valence-electron chi connectivity index (χ0n) is 13.9. The summed E-state index contributed by atoms with van der Waals surface area (Å²) in [7, 11) is 0. The number of amides is 2. The van der Waals surface area contributed by atoms with Gasteiger partial charge in [-0.2, -0.15) is 0 Å². The lowest BCUT2D eigenvalue weighted by atomic mass is 10.00. The molecule has 2 amide bonds. The summed E-state index contributed by atoms with van der Waals surface area (Å²) >= 11 is 1.14. The van der Waals surface area contributed by atoms with Crippen LogP contribution >= 0.6 is 11.8 Å². The standard InChI is InChI=1S/C20H21NO2S/c1-14(2)17-10-8-15(9-11-17)12-18-19(22)21(20(23)24-18)13-16-6-4-3-5-7-16/h3-11,14,18H,12-13H2,1-2H3/t18-/m1/s1. The van der Waals surface area contributed by atoms with Gasteiger partial charge in [-0.3, -0.25) is 14.5 Å². The van der Waals surface area contributed by atoms with Crippen molar-refractivity contribution in [3.8, 4) is 0 Å². The highest BCUT2D eigenvalue weighted by molar-refractivity contribution is 8.15. The Bertz CT molecular complexity index is 725. The fourth-order valence-corrected chi connectivity index (χ4v) is 3.82. The third-order valence-electron chi connectivity index (χ3n) is 4.26. The van der Waals surface area contributed by atoms with Crippen molar-refractivity contribution in [3.05, 3.63) is 71.3 Å². The van der Waals surface area contributed by atoms with Gasteiger partial charge in [-0.25, -0.2) is 0 Å². The molecule has 1 atom stereocenters. The SMILES string of the molecule is CC(C)c1ccc(C[C@H]2SC(=O)N(Cc3ccccc3)C2=O)cc1. The lowest BCUT2D eigenvalue weighted by Crippen LogP contribution is -2.31. The summed E-state index contributed by atoms with van der Waals surface area (Å²) in [6.45, 7) is 4.67. The Balaban J connectivity index is 1.67. The highest BCUT2D eigenvalue weighted by atomic mass is 32.2. The number of hydrogen-bond acceptors (Lipinski definition) is 3. The molecule has 3 rings (SSSR count). The van der Waals surface area contributed by atoms with Gasteiger partial charge in [-0.1, -0.05) is 80.2 Å². The Morgan fingerprint density at radius 1 is 0.958 bits per heavy atom. The number of carbonyl (C=O) groups is 2. The molecule has 1 saturated heterocycles. The van der Waals surface area contributed by atoms with Gasteiger partial charge in [0.2, 0.25) is 5.91 Å². The van der Waals surface area contributed by atoms with E-state index in [9.17, 15) is 9.59 Å². The number of nitrogens with zero attached hydrogens (tertiary/aromatic N) is 1. The molecule has 2 aromatic carbocycles. The normalized spacial score (nSPS) is 17.8. The van der Waals surface area contributed by atoms with E-state index in [1.807, 2.05) is 30.3 Å². The van der Waals surface area contributed by atoms with Crippen LogP contribution in [-0.2, 0) is 17.8 Å². The van der Waals surface area contributed by atoms with E-state index in [0.717, 1.165) is 22.9 Å². The third-order valence-corrected chi connectivity index (χ3v) is 5.33. The Hall–Kier alpha value is -2.07. The maximum absolute atomic E-state index is 12.6. The molecule has 0 N–H and O–H groups in total. The molecule has 0 spiro atoms. The van der Waals surface area contributed by atoms with Crippen molar-refractivity contribution in [1.29, 1.82) is 0 Å². The molecule has 2 aromatic rings. The number of imide groups is 1. The molecule has 1 aliphatic rings. The second-order valence-electron chi connectivity index (χ2n) is 6.38. The lowest BCUT2D eigenvalue weighted by Gasteiger charge is -2.14. The van der Waals surface area contributed by atoms with Crippen molar-refractivity contribution >= 4 is 22.9 Å². The first-order chi connectivity index (χ1) is 11.5. The molecule has 4 heteroatoms. The summed E-state index contributed by atoms with van der Waals surface area (Å²) in [6, 6.07) is 18.0. The molecule has 1 fully saturated rings. The summed E-state index contributed by atoms with van der Waals surface area (Å²) < 4.78 is 0. The molecular weight excluding hydrogens is 318 g/mol. The molecule has 0 aliphatic carbocycles. The van der Waals surface area contributed by atoms with E-state index in [-0.39, 0.29) is 16.4 Å². The van der Waals surface area contributed by atoms with E-state index in [1.54, 1.807) is 0 Å². The molecule has 0 aromatic heterocycles. The predicted octanol–water partition coefficient (Wildman–Crippen LogP) is 4.62. The van der Waals surface area contributed by atoms with Gasteiger partial charge in [0.05, 0.1) is 11.8 Å². The summed E-state index contributed by atoms with van der Waals surface area (Å²) in [5.41, 5.74) is 3.35. The Kier molecular flexibility index (Phi) is 5.05. The van der Waals surface area contributed by atoms with Crippen molar-refractivity contribution in [3.63, 3.8) is 0 Å². The van der Waals surface area contributed by atoms with Gasteiger partial charge in [0.15, 0.2) is 0 Å². The van der Waals surface area contributed by atoms with Crippen molar-refractivity contribution < 1.29 is 9.59 Å². The minimum absolute atomic E-state index is 0.0817. The lowest BCUT2D eigenvalue weighted by molar-refractivity contribution is -0.127. The van der Waals surface area contributed by atoms with Crippen LogP contribution in [0.15, 0.2) is 54.6 Å². The van der Waals surface area contributed by atoms with Gasteiger partial charge in [-0.15, -0.1) is 0 Å². The summed E-state index contributed by atoms with van der Waals surface area (Å²) in [5.74, 6) is 0.409. The van der Waals surface area contributed by atoms with Crippen molar-refractivity contribution in [1.82, 2.24) is 4.90 Å². The molecular formula is C20H21NO2S. The second kappa shape index (κ2) is 7.22. The highest BCUT2D eigenvalue weighted by Crippen LogP contribution is 2.31.